The van der Waals surface area contributed by atoms with Gasteiger partial charge < -0.3 is 15.2 Å². The first kappa shape index (κ1) is 27.0. The van der Waals surface area contributed by atoms with E-state index < -0.39 is 17.8 Å². The highest BCUT2D eigenvalue weighted by molar-refractivity contribution is 5.90. The number of hydrogen-bond acceptors (Lipinski definition) is 8. The van der Waals surface area contributed by atoms with Crippen LogP contribution in [0.25, 0.3) is 22.3 Å². The van der Waals surface area contributed by atoms with Gasteiger partial charge >= 0.3 is 11.9 Å². The highest BCUT2D eigenvalue weighted by Crippen LogP contribution is 2.37. The maximum atomic E-state index is 15.0. The second-order valence-corrected chi connectivity index (χ2v) is 8.97. The lowest BCUT2D eigenvalue weighted by molar-refractivity contribution is 0.0592. The summed E-state index contributed by atoms with van der Waals surface area (Å²) in [5.41, 5.74) is 11.6. The van der Waals surface area contributed by atoms with Gasteiger partial charge in [-0.2, -0.15) is 4.98 Å². The van der Waals surface area contributed by atoms with E-state index in [1.54, 1.807) is 29.2 Å². The molecule has 0 saturated heterocycles. The van der Waals surface area contributed by atoms with Gasteiger partial charge in [-0.1, -0.05) is 48.5 Å². The van der Waals surface area contributed by atoms with Crippen molar-refractivity contribution in [3.63, 3.8) is 0 Å². The molecule has 0 atom stereocenters. The van der Waals surface area contributed by atoms with Crippen molar-refractivity contribution < 1.29 is 23.5 Å². The molecule has 0 aliphatic heterocycles. The summed E-state index contributed by atoms with van der Waals surface area (Å²) in [6, 6.07) is 29.1. The summed E-state index contributed by atoms with van der Waals surface area (Å²) >= 11 is 0. The first-order valence-corrected chi connectivity index (χ1v) is 12.5. The number of benzene rings is 4. The Morgan fingerprint density at radius 2 is 1.02 bits per heavy atom. The fourth-order valence-electron chi connectivity index (χ4n) is 4.36. The van der Waals surface area contributed by atoms with Crippen LogP contribution in [0.3, 0.4) is 0 Å². The molecule has 0 radical (unpaired) electrons. The SMILES string of the molecule is COC(=O)c1ccc(-c2ccc(N(c3ccc(-c4ccc(C(=O)OC)cc4)cc3)c3nc(N)ncc3F)cc2)cc1. The normalized spacial score (nSPS) is 10.6. The van der Waals surface area contributed by atoms with E-state index >= 15 is 4.39 Å². The number of aromatic nitrogens is 2. The predicted octanol–water partition coefficient (Wildman–Crippen LogP) is 6.57. The number of anilines is 4. The lowest BCUT2D eigenvalue weighted by atomic mass is 10.0. The van der Waals surface area contributed by atoms with Crippen LogP contribution < -0.4 is 10.6 Å². The summed E-state index contributed by atoms with van der Waals surface area (Å²) in [4.78, 5) is 33.1. The number of nitrogens with zero attached hydrogens (tertiary/aromatic N) is 3. The van der Waals surface area contributed by atoms with Crippen LogP contribution in [0.15, 0.2) is 103 Å². The van der Waals surface area contributed by atoms with Gasteiger partial charge in [0.2, 0.25) is 5.95 Å². The Morgan fingerprint density at radius 1 is 0.659 bits per heavy atom. The number of nitrogen functional groups attached to an aromatic ring is 1. The molecule has 204 valence electrons. The Kier molecular flexibility index (Phi) is 7.69. The standard InChI is InChI=1S/C32H25FN4O4/c1-40-30(38)24-7-3-20(4-8-24)22-11-15-26(16-12-22)37(29-28(33)19-35-32(34)36-29)27-17-13-23(14-18-27)21-5-9-25(10-6-21)31(39)41-2/h3-19H,1-2H3,(H2,34,35,36). The lowest BCUT2D eigenvalue weighted by Crippen LogP contribution is -2.15. The number of halogens is 1. The number of hydrogen-bond donors (Lipinski definition) is 1. The van der Waals surface area contributed by atoms with Gasteiger partial charge in [-0.05, 0) is 70.8 Å². The molecule has 1 aromatic heterocycles. The third kappa shape index (κ3) is 5.74. The van der Waals surface area contributed by atoms with Gasteiger partial charge in [0.15, 0.2) is 11.6 Å². The van der Waals surface area contributed by atoms with Gasteiger partial charge in [0, 0.05) is 11.4 Å². The molecule has 0 aliphatic rings. The van der Waals surface area contributed by atoms with Gasteiger partial charge in [-0.25, -0.2) is 19.0 Å². The second-order valence-electron chi connectivity index (χ2n) is 8.97. The minimum absolute atomic E-state index is 0.00265. The van der Waals surface area contributed by atoms with Crippen LogP contribution in [0, 0.1) is 5.82 Å². The Balaban J connectivity index is 1.49. The van der Waals surface area contributed by atoms with Crippen LogP contribution in [0.5, 0.6) is 0 Å². The van der Waals surface area contributed by atoms with Crippen molar-refractivity contribution in [1.29, 1.82) is 0 Å². The minimum atomic E-state index is -0.635. The van der Waals surface area contributed by atoms with Crippen LogP contribution in [0.4, 0.5) is 27.5 Å². The maximum Gasteiger partial charge on any atom is 0.337 e. The molecule has 0 aliphatic carbocycles. The van der Waals surface area contributed by atoms with Crippen molar-refractivity contribution in [2.24, 2.45) is 0 Å². The fourth-order valence-corrected chi connectivity index (χ4v) is 4.36. The van der Waals surface area contributed by atoms with E-state index in [4.69, 9.17) is 15.2 Å². The molecule has 4 aromatic carbocycles. The molecule has 0 bridgehead atoms. The topological polar surface area (TPSA) is 108 Å². The molecule has 5 rings (SSSR count). The van der Waals surface area contributed by atoms with Crippen molar-refractivity contribution >= 4 is 35.1 Å². The van der Waals surface area contributed by atoms with E-state index in [-0.39, 0.29) is 11.8 Å². The molecular formula is C32H25FN4O4. The summed E-state index contributed by atoms with van der Waals surface area (Å²) in [7, 11) is 2.68. The number of esters is 2. The average molecular weight is 549 g/mol. The van der Waals surface area contributed by atoms with E-state index in [0.717, 1.165) is 28.5 Å². The fraction of sp³-hybridized carbons (Fsp3) is 0.0625. The number of carbonyl (C=O) groups excluding carboxylic acids is 2. The van der Waals surface area contributed by atoms with Crippen molar-refractivity contribution in [2.45, 2.75) is 0 Å². The van der Waals surface area contributed by atoms with E-state index in [0.29, 0.717) is 22.5 Å². The smallest absolute Gasteiger partial charge is 0.337 e. The molecule has 0 fully saturated rings. The summed E-state index contributed by atoms with van der Waals surface area (Å²) in [5.74, 6) is -1.50. The number of ether oxygens (including phenoxy) is 2. The van der Waals surface area contributed by atoms with Gasteiger partial charge in [-0.15, -0.1) is 0 Å². The predicted molar refractivity (Wildman–Crippen MR) is 155 cm³/mol. The first-order chi connectivity index (χ1) is 19.9. The molecule has 0 saturated carbocycles. The molecule has 8 nitrogen and oxygen atoms in total. The third-order valence-electron chi connectivity index (χ3n) is 6.49. The summed E-state index contributed by atoms with van der Waals surface area (Å²) in [5, 5.41) is 0. The van der Waals surface area contributed by atoms with E-state index in [1.165, 1.54) is 14.2 Å². The lowest BCUT2D eigenvalue weighted by Gasteiger charge is -2.25. The molecule has 0 spiro atoms. The van der Waals surface area contributed by atoms with E-state index in [1.807, 2.05) is 72.8 Å². The zero-order valence-electron chi connectivity index (χ0n) is 22.2. The van der Waals surface area contributed by atoms with Crippen molar-refractivity contribution in [3.05, 3.63) is 120 Å². The monoisotopic (exact) mass is 548 g/mol. The van der Waals surface area contributed by atoms with E-state index in [9.17, 15) is 9.59 Å². The molecule has 0 unspecified atom stereocenters. The molecule has 2 N–H and O–H groups in total. The van der Waals surface area contributed by atoms with Crippen LogP contribution in [-0.2, 0) is 9.47 Å². The molecule has 5 aromatic rings. The average Bonchev–Trinajstić information content (AvgIpc) is 3.03. The van der Waals surface area contributed by atoms with Gasteiger partial charge in [-0.3, -0.25) is 4.90 Å². The Hall–Kier alpha value is -5.57. The largest absolute Gasteiger partial charge is 0.465 e. The Labute approximate surface area is 235 Å². The number of methoxy groups -OCH3 is 2. The van der Waals surface area contributed by atoms with Crippen molar-refractivity contribution in [3.8, 4) is 22.3 Å². The molecule has 0 amide bonds. The quantitative estimate of drug-likeness (QED) is 0.228. The maximum absolute atomic E-state index is 15.0. The van der Waals surface area contributed by atoms with Crippen LogP contribution >= 0.6 is 0 Å². The highest BCUT2D eigenvalue weighted by Gasteiger charge is 2.19. The Bertz CT molecular complexity index is 1590. The third-order valence-corrected chi connectivity index (χ3v) is 6.49. The highest BCUT2D eigenvalue weighted by atomic mass is 19.1. The second kappa shape index (κ2) is 11.7. The van der Waals surface area contributed by atoms with Crippen molar-refractivity contribution in [1.82, 2.24) is 9.97 Å². The van der Waals surface area contributed by atoms with Gasteiger partial charge in [0.1, 0.15) is 0 Å². The minimum Gasteiger partial charge on any atom is -0.465 e. The van der Waals surface area contributed by atoms with E-state index in [2.05, 4.69) is 9.97 Å². The molecule has 9 heteroatoms. The number of carbonyl (C=O) groups is 2. The summed E-state index contributed by atoms with van der Waals surface area (Å²) in [6.07, 6.45) is 1.04. The number of nitrogens with two attached hydrogens (primary N) is 1. The van der Waals surface area contributed by atoms with Crippen LogP contribution in [0.1, 0.15) is 20.7 Å². The zero-order chi connectivity index (χ0) is 28.9. The first-order valence-electron chi connectivity index (χ1n) is 12.5. The summed E-state index contributed by atoms with van der Waals surface area (Å²) in [6.45, 7) is 0. The zero-order valence-corrected chi connectivity index (χ0v) is 22.2. The van der Waals surface area contributed by atoms with Gasteiger partial charge in [0.25, 0.3) is 0 Å². The van der Waals surface area contributed by atoms with Crippen LogP contribution in [-0.4, -0.2) is 36.1 Å². The molecule has 41 heavy (non-hydrogen) atoms. The number of rotatable bonds is 7. The van der Waals surface area contributed by atoms with Crippen LogP contribution in [0.2, 0.25) is 0 Å². The Morgan fingerprint density at radius 3 is 1.39 bits per heavy atom. The van der Waals surface area contributed by atoms with Crippen molar-refractivity contribution in [2.75, 3.05) is 24.9 Å². The van der Waals surface area contributed by atoms with Gasteiger partial charge in [0.05, 0.1) is 31.5 Å². The molecular weight excluding hydrogens is 523 g/mol. The molecule has 1 heterocycles. The summed E-state index contributed by atoms with van der Waals surface area (Å²) < 4.78 is 24.6.